The topological polar surface area (TPSA) is 75.4 Å². The lowest BCUT2D eigenvalue weighted by Gasteiger charge is -2.24. The molecular formula is C20H23N3O3. The average Bonchev–Trinajstić information content (AvgIpc) is 3.29. The number of anilines is 1. The summed E-state index contributed by atoms with van der Waals surface area (Å²) in [4.78, 5) is 27.3. The van der Waals surface area contributed by atoms with Gasteiger partial charge in [0.2, 0.25) is 11.8 Å². The minimum atomic E-state index is -0.481. The van der Waals surface area contributed by atoms with Crippen molar-refractivity contribution in [3.63, 3.8) is 0 Å². The molecule has 0 aliphatic carbocycles. The van der Waals surface area contributed by atoms with Crippen LogP contribution in [0.3, 0.4) is 0 Å². The Balaban J connectivity index is 1.74. The van der Waals surface area contributed by atoms with Crippen molar-refractivity contribution in [1.82, 2.24) is 10.1 Å². The molecule has 0 saturated carbocycles. The second-order valence-corrected chi connectivity index (χ2v) is 6.40. The van der Waals surface area contributed by atoms with Crippen LogP contribution in [0.2, 0.25) is 0 Å². The molecule has 0 spiro atoms. The molecule has 1 saturated heterocycles. The van der Waals surface area contributed by atoms with Crippen molar-refractivity contribution in [3.05, 3.63) is 53.3 Å². The molecule has 1 aromatic carbocycles. The molecule has 1 fully saturated rings. The number of carbonyl (C=O) groups excluding carboxylic acids is 2. The lowest BCUT2D eigenvalue weighted by atomic mass is 10.1. The average molecular weight is 353 g/mol. The fourth-order valence-electron chi connectivity index (χ4n) is 3.17. The van der Waals surface area contributed by atoms with Gasteiger partial charge in [0.1, 0.15) is 11.8 Å². The van der Waals surface area contributed by atoms with Crippen molar-refractivity contribution in [2.45, 2.75) is 39.2 Å². The predicted octanol–water partition coefficient (Wildman–Crippen LogP) is 3.41. The summed E-state index contributed by atoms with van der Waals surface area (Å²) in [5.41, 5.74) is 1.68. The number of amides is 2. The van der Waals surface area contributed by atoms with Crippen molar-refractivity contribution < 1.29 is 14.1 Å². The summed E-state index contributed by atoms with van der Waals surface area (Å²) in [5.74, 6) is 0.700. The zero-order chi connectivity index (χ0) is 18.5. The van der Waals surface area contributed by atoms with Crippen molar-refractivity contribution in [3.8, 4) is 0 Å². The maximum Gasteiger partial charge on any atom is 0.250 e. The molecule has 1 aliphatic heterocycles. The molecule has 3 rings (SSSR count). The first-order valence-electron chi connectivity index (χ1n) is 8.89. The Hall–Kier alpha value is -2.89. The molecule has 2 heterocycles. The van der Waals surface area contributed by atoms with Gasteiger partial charge in [-0.25, -0.2) is 0 Å². The normalized spacial score (nSPS) is 17.4. The number of rotatable bonds is 5. The lowest BCUT2D eigenvalue weighted by Crippen LogP contribution is -2.43. The first-order valence-corrected chi connectivity index (χ1v) is 8.89. The van der Waals surface area contributed by atoms with Crippen LogP contribution >= 0.6 is 0 Å². The monoisotopic (exact) mass is 353 g/mol. The van der Waals surface area contributed by atoms with Crippen LogP contribution in [0.1, 0.15) is 37.5 Å². The van der Waals surface area contributed by atoms with Crippen molar-refractivity contribution in [2.75, 3.05) is 11.9 Å². The van der Waals surface area contributed by atoms with Gasteiger partial charge in [-0.15, -0.1) is 0 Å². The van der Waals surface area contributed by atoms with E-state index < -0.39 is 6.04 Å². The van der Waals surface area contributed by atoms with Crippen LogP contribution in [0, 0.1) is 6.92 Å². The molecular weight excluding hydrogens is 330 g/mol. The van der Waals surface area contributed by atoms with Gasteiger partial charge in [-0.3, -0.25) is 9.59 Å². The first-order chi connectivity index (χ1) is 12.6. The largest absolute Gasteiger partial charge is 0.360 e. The Kier molecular flexibility index (Phi) is 5.51. The van der Waals surface area contributed by atoms with Crippen molar-refractivity contribution in [1.29, 1.82) is 0 Å². The highest BCUT2D eigenvalue weighted by atomic mass is 16.5. The van der Waals surface area contributed by atoms with Crippen LogP contribution < -0.4 is 5.32 Å². The third-order valence-corrected chi connectivity index (χ3v) is 4.49. The SMILES string of the molecule is CC/C(=C\c1ccccc1)C(=O)N1CCC[C@H]1C(=O)Nc1cc(C)on1. The van der Waals surface area contributed by atoms with Gasteiger partial charge in [0.25, 0.3) is 0 Å². The molecule has 136 valence electrons. The summed E-state index contributed by atoms with van der Waals surface area (Å²) in [7, 11) is 0. The highest BCUT2D eigenvalue weighted by Gasteiger charge is 2.35. The number of benzene rings is 1. The van der Waals surface area contributed by atoms with E-state index in [0.29, 0.717) is 36.5 Å². The number of hydrogen-bond acceptors (Lipinski definition) is 4. The Bertz CT molecular complexity index is 811. The summed E-state index contributed by atoms with van der Waals surface area (Å²) >= 11 is 0. The zero-order valence-corrected chi connectivity index (χ0v) is 15.1. The maximum atomic E-state index is 13.0. The van der Waals surface area contributed by atoms with Crippen molar-refractivity contribution >= 4 is 23.7 Å². The predicted molar refractivity (Wildman–Crippen MR) is 99.3 cm³/mol. The van der Waals surface area contributed by atoms with E-state index in [1.54, 1.807) is 17.9 Å². The summed E-state index contributed by atoms with van der Waals surface area (Å²) in [6.45, 7) is 4.30. The van der Waals surface area contributed by atoms with Gasteiger partial charge < -0.3 is 14.7 Å². The Labute approximate surface area is 152 Å². The zero-order valence-electron chi connectivity index (χ0n) is 15.1. The van der Waals surface area contributed by atoms with Crippen molar-refractivity contribution in [2.24, 2.45) is 0 Å². The van der Waals surface area contributed by atoms with Crippen LogP contribution in [0.4, 0.5) is 5.82 Å². The lowest BCUT2D eigenvalue weighted by molar-refractivity contribution is -0.133. The fourth-order valence-corrected chi connectivity index (χ4v) is 3.17. The molecule has 1 N–H and O–H groups in total. The summed E-state index contributed by atoms with van der Waals surface area (Å²) in [5, 5.41) is 6.52. The molecule has 1 aromatic heterocycles. The maximum absolute atomic E-state index is 13.0. The van der Waals surface area contributed by atoms with E-state index in [0.717, 1.165) is 12.0 Å². The Morgan fingerprint density at radius 3 is 2.77 bits per heavy atom. The molecule has 0 bridgehead atoms. The second-order valence-electron chi connectivity index (χ2n) is 6.40. The second kappa shape index (κ2) is 7.99. The number of hydrogen-bond donors (Lipinski definition) is 1. The molecule has 0 unspecified atom stereocenters. The summed E-state index contributed by atoms with van der Waals surface area (Å²) < 4.78 is 4.97. The quantitative estimate of drug-likeness (QED) is 0.836. The molecule has 26 heavy (non-hydrogen) atoms. The molecule has 6 heteroatoms. The number of nitrogens with one attached hydrogen (secondary N) is 1. The number of aryl methyl sites for hydroxylation is 1. The van der Waals surface area contributed by atoms with Gasteiger partial charge in [-0.1, -0.05) is 42.4 Å². The number of likely N-dealkylation sites (tertiary alicyclic amines) is 1. The Morgan fingerprint density at radius 2 is 2.12 bits per heavy atom. The van der Waals surface area contributed by atoms with E-state index in [1.807, 2.05) is 43.3 Å². The van der Waals surface area contributed by atoms with Crippen LogP contribution in [-0.2, 0) is 9.59 Å². The summed E-state index contributed by atoms with van der Waals surface area (Å²) in [6.07, 6.45) is 3.97. The van der Waals surface area contributed by atoms with Gasteiger partial charge in [0.15, 0.2) is 5.82 Å². The number of nitrogens with zero attached hydrogens (tertiary/aromatic N) is 2. The Morgan fingerprint density at radius 1 is 1.35 bits per heavy atom. The minimum absolute atomic E-state index is 0.0784. The highest BCUT2D eigenvalue weighted by molar-refractivity contribution is 6.02. The van der Waals surface area contributed by atoms with E-state index >= 15 is 0 Å². The van der Waals surface area contributed by atoms with Crippen LogP contribution in [0.5, 0.6) is 0 Å². The van der Waals surface area contributed by atoms with Gasteiger partial charge in [-0.05, 0) is 37.8 Å². The fraction of sp³-hybridized carbons (Fsp3) is 0.350. The van der Waals surface area contributed by atoms with Gasteiger partial charge >= 0.3 is 0 Å². The van der Waals surface area contributed by atoms with E-state index in [1.165, 1.54) is 0 Å². The van der Waals surface area contributed by atoms with E-state index in [-0.39, 0.29) is 11.8 Å². The molecule has 1 aliphatic rings. The van der Waals surface area contributed by atoms with Gasteiger partial charge in [-0.2, -0.15) is 0 Å². The van der Waals surface area contributed by atoms with Crippen LogP contribution in [0.25, 0.3) is 6.08 Å². The molecule has 2 aromatic rings. The van der Waals surface area contributed by atoms with E-state index in [9.17, 15) is 9.59 Å². The number of carbonyl (C=O) groups is 2. The molecule has 0 radical (unpaired) electrons. The minimum Gasteiger partial charge on any atom is -0.360 e. The highest BCUT2D eigenvalue weighted by Crippen LogP contribution is 2.23. The first kappa shape index (κ1) is 17.9. The third-order valence-electron chi connectivity index (χ3n) is 4.49. The smallest absolute Gasteiger partial charge is 0.250 e. The third kappa shape index (κ3) is 4.02. The van der Waals surface area contributed by atoms with Gasteiger partial charge in [0.05, 0.1) is 0 Å². The van der Waals surface area contributed by atoms with Crippen LogP contribution in [-0.4, -0.2) is 34.5 Å². The van der Waals surface area contributed by atoms with E-state index in [2.05, 4.69) is 10.5 Å². The molecule has 2 amide bonds. The summed E-state index contributed by atoms with van der Waals surface area (Å²) in [6, 6.07) is 10.9. The number of aromatic nitrogens is 1. The molecule has 1 atom stereocenters. The van der Waals surface area contributed by atoms with E-state index in [4.69, 9.17) is 4.52 Å². The molecule has 6 nitrogen and oxygen atoms in total. The van der Waals surface area contributed by atoms with Gasteiger partial charge in [0, 0.05) is 18.2 Å². The van der Waals surface area contributed by atoms with Crippen LogP contribution in [0.15, 0.2) is 46.5 Å². The standard InChI is InChI=1S/C20H23N3O3/c1-3-16(13-15-8-5-4-6-9-15)20(25)23-11-7-10-17(23)19(24)21-18-12-14(2)26-22-18/h4-6,8-9,12-13,17H,3,7,10-11H2,1-2H3,(H,21,22,24)/b16-13+/t17-/m0/s1.